The van der Waals surface area contributed by atoms with Crippen LogP contribution in [0, 0.1) is 11.3 Å². The summed E-state index contributed by atoms with van der Waals surface area (Å²) in [5, 5.41) is 0. The summed E-state index contributed by atoms with van der Waals surface area (Å²) in [7, 11) is 1.68. The van der Waals surface area contributed by atoms with E-state index in [9.17, 15) is 0 Å². The van der Waals surface area contributed by atoms with Crippen molar-refractivity contribution in [2.75, 3.05) is 7.11 Å². The van der Waals surface area contributed by atoms with Gasteiger partial charge in [-0.3, -0.25) is 0 Å². The highest BCUT2D eigenvalue weighted by Crippen LogP contribution is 2.53. The molecule has 0 bridgehead atoms. The molecule has 0 radical (unpaired) electrons. The number of ether oxygens (including phenoxy) is 1. The molecule has 1 saturated carbocycles. The zero-order valence-corrected chi connectivity index (χ0v) is 12.3. The third-order valence-electron chi connectivity index (χ3n) is 3.79. The van der Waals surface area contributed by atoms with Crippen LogP contribution in [0.4, 0.5) is 0 Å². The number of nitrogens with two attached hydrogens (primary N) is 1. The topological polar surface area (TPSA) is 35.2 Å². The second-order valence-electron chi connectivity index (χ2n) is 5.64. The van der Waals surface area contributed by atoms with Gasteiger partial charge in [-0.05, 0) is 57.8 Å². The van der Waals surface area contributed by atoms with Crippen LogP contribution in [0.1, 0.15) is 25.8 Å². The molecule has 1 aliphatic rings. The van der Waals surface area contributed by atoms with Crippen molar-refractivity contribution in [2.45, 2.75) is 32.7 Å². The highest BCUT2D eigenvalue weighted by atomic mass is 79.9. The molecule has 1 aromatic rings. The summed E-state index contributed by atoms with van der Waals surface area (Å²) in [5.41, 5.74) is 7.98. The van der Waals surface area contributed by atoms with Crippen molar-refractivity contribution >= 4 is 15.9 Å². The summed E-state index contributed by atoms with van der Waals surface area (Å²) < 4.78 is 6.22. The first-order valence-electron chi connectivity index (χ1n) is 6.02. The Hall–Kier alpha value is -0.540. The molecule has 2 rings (SSSR count). The van der Waals surface area contributed by atoms with Crippen LogP contribution in [0.25, 0.3) is 0 Å². The van der Waals surface area contributed by atoms with Crippen LogP contribution in [0.3, 0.4) is 0 Å². The maximum absolute atomic E-state index is 6.26. The van der Waals surface area contributed by atoms with Gasteiger partial charge in [-0.2, -0.15) is 0 Å². The van der Waals surface area contributed by atoms with Crippen LogP contribution in [-0.2, 0) is 6.42 Å². The smallest absolute Gasteiger partial charge is 0.133 e. The number of hydrogen-bond acceptors (Lipinski definition) is 2. The highest BCUT2D eigenvalue weighted by molar-refractivity contribution is 9.10. The van der Waals surface area contributed by atoms with E-state index in [1.165, 1.54) is 12.0 Å². The fourth-order valence-corrected chi connectivity index (χ4v) is 3.08. The van der Waals surface area contributed by atoms with Crippen LogP contribution in [0.5, 0.6) is 5.75 Å². The lowest BCUT2D eigenvalue weighted by Crippen LogP contribution is -2.27. The molecule has 0 amide bonds. The lowest BCUT2D eigenvalue weighted by molar-refractivity contribution is 0.411. The second kappa shape index (κ2) is 4.62. The minimum Gasteiger partial charge on any atom is -0.496 e. The first-order chi connectivity index (χ1) is 7.94. The van der Waals surface area contributed by atoms with Crippen molar-refractivity contribution < 1.29 is 4.74 Å². The number of benzene rings is 1. The summed E-state index contributed by atoms with van der Waals surface area (Å²) in [6, 6.07) is 6.46. The van der Waals surface area contributed by atoms with E-state index < -0.39 is 0 Å². The zero-order valence-electron chi connectivity index (χ0n) is 10.7. The van der Waals surface area contributed by atoms with E-state index in [0.29, 0.717) is 11.3 Å². The van der Waals surface area contributed by atoms with Crippen molar-refractivity contribution in [3.8, 4) is 5.75 Å². The molecular formula is C14H20BrNO. The molecule has 0 aromatic heterocycles. The van der Waals surface area contributed by atoms with Gasteiger partial charge in [-0.15, -0.1) is 0 Å². The van der Waals surface area contributed by atoms with Gasteiger partial charge in [0.25, 0.3) is 0 Å². The van der Waals surface area contributed by atoms with Crippen molar-refractivity contribution in [1.29, 1.82) is 0 Å². The van der Waals surface area contributed by atoms with Gasteiger partial charge in [0.15, 0.2) is 0 Å². The van der Waals surface area contributed by atoms with Crippen LogP contribution in [-0.4, -0.2) is 13.2 Å². The predicted molar refractivity (Wildman–Crippen MR) is 74.3 cm³/mol. The summed E-state index contributed by atoms with van der Waals surface area (Å²) in [4.78, 5) is 0. The molecule has 17 heavy (non-hydrogen) atoms. The van der Waals surface area contributed by atoms with Crippen LogP contribution < -0.4 is 10.5 Å². The standard InChI is InChI=1S/C14H20BrNO/c1-14(2)8-10(14)12(16)7-9-4-5-13(17-3)11(15)6-9/h4-6,10,12H,7-8,16H2,1-3H3. The molecule has 94 valence electrons. The Morgan fingerprint density at radius 3 is 2.65 bits per heavy atom. The van der Waals surface area contributed by atoms with E-state index in [1.807, 2.05) is 6.07 Å². The maximum Gasteiger partial charge on any atom is 0.133 e. The van der Waals surface area contributed by atoms with Gasteiger partial charge < -0.3 is 10.5 Å². The molecule has 2 nitrogen and oxygen atoms in total. The molecule has 1 fully saturated rings. The van der Waals surface area contributed by atoms with Gasteiger partial charge in [0.05, 0.1) is 11.6 Å². The van der Waals surface area contributed by atoms with Crippen molar-refractivity contribution in [2.24, 2.45) is 17.1 Å². The minimum absolute atomic E-state index is 0.269. The second-order valence-corrected chi connectivity index (χ2v) is 6.49. The van der Waals surface area contributed by atoms with Gasteiger partial charge >= 0.3 is 0 Å². The van der Waals surface area contributed by atoms with Crippen molar-refractivity contribution in [1.82, 2.24) is 0 Å². The van der Waals surface area contributed by atoms with Gasteiger partial charge in [0.2, 0.25) is 0 Å². The van der Waals surface area contributed by atoms with E-state index in [-0.39, 0.29) is 6.04 Å². The number of halogens is 1. The Bertz CT molecular complexity index is 417. The Morgan fingerprint density at radius 1 is 1.53 bits per heavy atom. The molecule has 3 heteroatoms. The molecule has 1 aliphatic carbocycles. The number of methoxy groups -OCH3 is 1. The van der Waals surface area contributed by atoms with E-state index in [0.717, 1.165) is 16.6 Å². The average molecular weight is 298 g/mol. The summed E-state index contributed by atoms with van der Waals surface area (Å²) >= 11 is 3.51. The van der Waals surface area contributed by atoms with Gasteiger partial charge in [-0.25, -0.2) is 0 Å². The average Bonchev–Trinajstić information content (AvgIpc) is 2.88. The van der Waals surface area contributed by atoms with Crippen molar-refractivity contribution in [3.05, 3.63) is 28.2 Å². The van der Waals surface area contributed by atoms with Crippen LogP contribution in [0.2, 0.25) is 0 Å². The van der Waals surface area contributed by atoms with Crippen LogP contribution >= 0.6 is 15.9 Å². The third-order valence-corrected chi connectivity index (χ3v) is 4.41. The van der Waals surface area contributed by atoms with Gasteiger partial charge in [-0.1, -0.05) is 19.9 Å². The molecule has 2 N–H and O–H groups in total. The lowest BCUT2D eigenvalue weighted by atomic mass is 9.98. The van der Waals surface area contributed by atoms with Gasteiger partial charge in [0.1, 0.15) is 5.75 Å². The number of hydrogen-bond donors (Lipinski definition) is 1. The van der Waals surface area contributed by atoms with E-state index >= 15 is 0 Å². The molecule has 0 aliphatic heterocycles. The Labute approximate surface area is 112 Å². The summed E-state index contributed by atoms with van der Waals surface area (Å²) in [5.74, 6) is 1.54. The fraction of sp³-hybridized carbons (Fsp3) is 0.571. The Morgan fingerprint density at radius 2 is 2.18 bits per heavy atom. The predicted octanol–water partition coefficient (Wildman–Crippen LogP) is 3.37. The highest BCUT2D eigenvalue weighted by Gasteiger charge is 2.48. The van der Waals surface area contributed by atoms with E-state index in [1.54, 1.807) is 7.11 Å². The van der Waals surface area contributed by atoms with Crippen molar-refractivity contribution in [3.63, 3.8) is 0 Å². The third kappa shape index (κ3) is 2.83. The molecular weight excluding hydrogens is 278 g/mol. The van der Waals surface area contributed by atoms with E-state index in [4.69, 9.17) is 10.5 Å². The molecule has 2 atom stereocenters. The molecule has 1 aromatic carbocycles. The normalized spacial score (nSPS) is 23.2. The van der Waals surface area contributed by atoms with Crippen LogP contribution in [0.15, 0.2) is 22.7 Å². The summed E-state index contributed by atoms with van der Waals surface area (Å²) in [6.45, 7) is 4.59. The van der Waals surface area contributed by atoms with Gasteiger partial charge in [0, 0.05) is 6.04 Å². The fourth-order valence-electron chi connectivity index (χ4n) is 2.49. The molecule has 0 heterocycles. The monoisotopic (exact) mass is 297 g/mol. The van der Waals surface area contributed by atoms with E-state index in [2.05, 4.69) is 41.9 Å². The summed E-state index contributed by atoms with van der Waals surface area (Å²) in [6.07, 6.45) is 2.20. The number of rotatable bonds is 4. The first-order valence-corrected chi connectivity index (χ1v) is 6.81. The Balaban J connectivity index is 2.02. The zero-order chi connectivity index (χ0) is 12.6. The quantitative estimate of drug-likeness (QED) is 0.925. The molecule has 2 unspecified atom stereocenters. The largest absolute Gasteiger partial charge is 0.496 e. The maximum atomic E-state index is 6.26. The lowest BCUT2D eigenvalue weighted by Gasteiger charge is -2.14. The molecule has 0 saturated heterocycles. The Kier molecular flexibility index (Phi) is 3.50. The first kappa shape index (κ1) is 12.9. The minimum atomic E-state index is 0.269. The SMILES string of the molecule is COc1ccc(CC(N)C2CC2(C)C)cc1Br. The molecule has 0 spiro atoms.